The molecule has 4 aromatic rings. The highest BCUT2D eigenvalue weighted by Crippen LogP contribution is 2.26. The van der Waals surface area contributed by atoms with Crippen LogP contribution in [-0.2, 0) is 13.1 Å². The van der Waals surface area contributed by atoms with Crippen LogP contribution in [0.1, 0.15) is 27.2 Å². The number of hydrogen-bond acceptors (Lipinski definition) is 4. The fourth-order valence-electron chi connectivity index (χ4n) is 3.41. The van der Waals surface area contributed by atoms with Gasteiger partial charge in [0.1, 0.15) is 10.9 Å². The first-order valence-corrected chi connectivity index (χ1v) is 9.93. The van der Waals surface area contributed by atoms with E-state index in [-0.39, 0.29) is 18.2 Å². The van der Waals surface area contributed by atoms with Gasteiger partial charge < -0.3 is 14.1 Å². The molecule has 0 saturated heterocycles. The molecule has 0 N–H and O–H groups in total. The lowest BCUT2D eigenvalue weighted by atomic mass is 10.1. The molecule has 0 saturated carbocycles. The summed E-state index contributed by atoms with van der Waals surface area (Å²) in [6, 6.07) is 19.0. The van der Waals surface area contributed by atoms with Gasteiger partial charge in [-0.25, -0.2) is 4.98 Å². The molecule has 2 heterocycles. The Labute approximate surface area is 179 Å². The van der Waals surface area contributed by atoms with Gasteiger partial charge in [-0.15, -0.1) is 0 Å². The first kappa shape index (κ1) is 20.0. The van der Waals surface area contributed by atoms with Gasteiger partial charge in [0, 0.05) is 23.1 Å². The maximum absolute atomic E-state index is 13.2. The molecule has 4 rings (SSSR count). The highest BCUT2D eigenvalue weighted by Gasteiger charge is 2.22. The molecule has 0 bridgehead atoms. The molecule has 152 valence electrons. The topological polar surface area (TPSA) is 55.6 Å². The van der Waals surface area contributed by atoms with E-state index >= 15 is 0 Å². The molecule has 0 atom stereocenters. The second kappa shape index (κ2) is 8.59. The highest BCUT2D eigenvalue weighted by atomic mass is 35.5. The molecule has 0 aliphatic heterocycles. The Hall–Kier alpha value is -3.31. The van der Waals surface area contributed by atoms with Crippen LogP contribution in [0.3, 0.4) is 0 Å². The fraction of sp³-hybridized carbons (Fsp3) is 0.167. The number of para-hydroxylation sites is 1. The Kier molecular flexibility index (Phi) is 5.72. The highest BCUT2D eigenvalue weighted by molar-refractivity contribution is 6.30. The van der Waals surface area contributed by atoms with Crippen LogP contribution in [0.4, 0.5) is 0 Å². The summed E-state index contributed by atoms with van der Waals surface area (Å²) in [5.74, 6) is 0.754. The molecule has 0 radical (unpaired) electrons. The van der Waals surface area contributed by atoms with Crippen LogP contribution < -0.4 is 4.74 Å². The van der Waals surface area contributed by atoms with Crippen LogP contribution in [0.5, 0.6) is 5.75 Å². The number of nitrogens with zero attached hydrogens (tertiary/aromatic N) is 2. The van der Waals surface area contributed by atoms with Crippen LogP contribution in [0.15, 0.2) is 71.3 Å². The minimum atomic E-state index is -0.231. The van der Waals surface area contributed by atoms with E-state index in [1.165, 1.54) is 6.26 Å². The third kappa shape index (κ3) is 4.16. The predicted octanol–water partition coefficient (Wildman–Crippen LogP) is 5.64. The largest absolute Gasteiger partial charge is 0.496 e. The first-order chi connectivity index (χ1) is 14.5. The second-order valence-electron chi connectivity index (χ2n) is 7.08. The van der Waals surface area contributed by atoms with Crippen molar-refractivity contribution in [3.63, 3.8) is 0 Å². The van der Waals surface area contributed by atoms with Crippen molar-refractivity contribution in [2.24, 2.45) is 0 Å². The number of hydrogen-bond donors (Lipinski definition) is 0. The number of benzene rings is 2. The van der Waals surface area contributed by atoms with Crippen LogP contribution >= 0.6 is 11.6 Å². The number of halogens is 1. The summed E-state index contributed by atoms with van der Waals surface area (Å²) in [6.45, 7) is 2.64. The summed E-state index contributed by atoms with van der Waals surface area (Å²) < 4.78 is 10.8. The smallest absolute Gasteiger partial charge is 0.290 e. The van der Waals surface area contributed by atoms with Crippen LogP contribution in [0, 0.1) is 6.92 Å². The van der Waals surface area contributed by atoms with E-state index in [2.05, 4.69) is 4.98 Å². The van der Waals surface area contributed by atoms with Crippen LogP contribution in [0.25, 0.3) is 10.9 Å². The molecule has 2 aromatic carbocycles. The lowest BCUT2D eigenvalue weighted by molar-refractivity contribution is 0.0696. The van der Waals surface area contributed by atoms with Gasteiger partial charge >= 0.3 is 0 Å². The van der Waals surface area contributed by atoms with Gasteiger partial charge in [-0.3, -0.25) is 4.79 Å². The monoisotopic (exact) mass is 420 g/mol. The summed E-state index contributed by atoms with van der Waals surface area (Å²) in [7, 11) is 1.61. The third-order valence-corrected chi connectivity index (χ3v) is 5.26. The minimum Gasteiger partial charge on any atom is -0.496 e. The molecule has 2 aromatic heterocycles. The normalized spacial score (nSPS) is 10.9. The maximum atomic E-state index is 13.2. The van der Waals surface area contributed by atoms with Gasteiger partial charge in [-0.05, 0) is 42.8 Å². The molecule has 6 heteroatoms. The number of furan rings is 1. The molecule has 0 spiro atoms. The van der Waals surface area contributed by atoms with E-state index in [9.17, 15) is 4.79 Å². The molecular formula is C24H21ClN2O3. The lowest BCUT2D eigenvalue weighted by Gasteiger charge is -2.23. The summed E-state index contributed by atoms with van der Waals surface area (Å²) in [4.78, 5) is 19.4. The lowest BCUT2D eigenvalue weighted by Crippen LogP contribution is -2.30. The SMILES string of the molecule is COc1ccccc1CN(Cc1cc2ccc(C)cc2nc1Cl)C(=O)c1ccco1. The molecular weight excluding hydrogens is 400 g/mol. The molecule has 5 nitrogen and oxygen atoms in total. The van der Waals surface area contributed by atoms with Gasteiger partial charge in [-0.1, -0.05) is 41.9 Å². The zero-order valence-electron chi connectivity index (χ0n) is 16.8. The van der Waals surface area contributed by atoms with Crippen molar-refractivity contribution in [3.8, 4) is 5.75 Å². The summed E-state index contributed by atoms with van der Waals surface area (Å²) in [5, 5.41) is 1.35. The van der Waals surface area contributed by atoms with Gasteiger partial charge in [0.15, 0.2) is 5.76 Å². The summed E-state index contributed by atoms with van der Waals surface area (Å²) in [6.07, 6.45) is 1.49. The number of ether oxygens (including phenoxy) is 1. The van der Waals surface area contributed by atoms with Gasteiger partial charge in [0.05, 0.1) is 25.4 Å². The zero-order chi connectivity index (χ0) is 21.1. The van der Waals surface area contributed by atoms with Crippen molar-refractivity contribution in [3.05, 3.63) is 94.5 Å². The average molecular weight is 421 g/mol. The number of carbonyl (C=O) groups is 1. The number of pyridine rings is 1. The van der Waals surface area contributed by atoms with Gasteiger partial charge in [-0.2, -0.15) is 0 Å². The average Bonchev–Trinajstić information content (AvgIpc) is 3.28. The molecule has 0 aliphatic rings. The molecule has 30 heavy (non-hydrogen) atoms. The van der Waals surface area contributed by atoms with Crippen molar-refractivity contribution in [1.29, 1.82) is 0 Å². The quantitative estimate of drug-likeness (QED) is 0.379. The first-order valence-electron chi connectivity index (χ1n) is 9.55. The Morgan fingerprint density at radius 1 is 1.07 bits per heavy atom. The fourth-order valence-corrected chi connectivity index (χ4v) is 3.61. The Bertz CT molecular complexity index is 1190. The van der Waals surface area contributed by atoms with E-state index in [4.69, 9.17) is 20.8 Å². The molecule has 0 aliphatic carbocycles. The number of carbonyl (C=O) groups excluding carboxylic acids is 1. The third-order valence-electron chi connectivity index (χ3n) is 4.93. The number of fused-ring (bicyclic) bond motifs is 1. The van der Waals surface area contributed by atoms with Crippen molar-refractivity contribution in [1.82, 2.24) is 9.88 Å². The van der Waals surface area contributed by atoms with Crippen molar-refractivity contribution >= 4 is 28.4 Å². The molecule has 0 fully saturated rings. The van der Waals surface area contributed by atoms with E-state index in [0.29, 0.717) is 17.4 Å². The number of aromatic nitrogens is 1. The Balaban J connectivity index is 1.71. The van der Waals surface area contributed by atoms with Crippen molar-refractivity contribution < 1.29 is 13.9 Å². The minimum absolute atomic E-state index is 0.231. The van der Waals surface area contributed by atoms with E-state index in [1.807, 2.05) is 55.5 Å². The summed E-state index contributed by atoms with van der Waals surface area (Å²) in [5.41, 5.74) is 3.60. The van der Waals surface area contributed by atoms with Gasteiger partial charge in [0.25, 0.3) is 5.91 Å². The van der Waals surface area contributed by atoms with E-state index in [1.54, 1.807) is 24.1 Å². The number of aryl methyl sites for hydroxylation is 1. The molecule has 1 amide bonds. The Morgan fingerprint density at radius 2 is 1.87 bits per heavy atom. The van der Waals surface area contributed by atoms with E-state index in [0.717, 1.165) is 27.6 Å². The Morgan fingerprint density at radius 3 is 2.63 bits per heavy atom. The van der Waals surface area contributed by atoms with Crippen molar-refractivity contribution in [2.75, 3.05) is 7.11 Å². The van der Waals surface area contributed by atoms with Crippen molar-refractivity contribution in [2.45, 2.75) is 20.0 Å². The standard InChI is InChI=1S/C24H21ClN2O3/c1-16-9-10-17-13-19(23(25)26-20(17)12-16)15-27(24(28)22-8-5-11-30-22)14-18-6-3-4-7-21(18)29-2/h3-13H,14-15H2,1-2H3. The number of rotatable bonds is 6. The number of methoxy groups -OCH3 is 1. The number of amides is 1. The predicted molar refractivity (Wildman–Crippen MR) is 117 cm³/mol. The molecule has 0 unspecified atom stereocenters. The second-order valence-corrected chi connectivity index (χ2v) is 7.44. The van der Waals surface area contributed by atoms with Gasteiger partial charge in [0.2, 0.25) is 0 Å². The van der Waals surface area contributed by atoms with Crippen LogP contribution in [-0.4, -0.2) is 22.9 Å². The maximum Gasteiger partial charge on any atom is 0.290 e. The van der Waals surface area contributed by atoms with Crippen LogP contribution in [0.2, 0.25) is 5.15 Å². The van der Waals surface area contributed by atoms with E-state index < -0.39 is 0 Å². The summed E-state index contributed by atoms with van der Waals surface area (Å²) >= 11 is 6.49. The zero-order valence-corrected chi connectivity index (χ0v) is 17.5.